The molecule has 232 valence electrons. The van der Waals surface area contributed by atoms with Crippen LogP contribution >= 0.6 is 35.0 Å². The Hall–Kier alpha value is -2.92. The van der Waals surface area contributed by atoms with E-state index < -0.39 is 40.0 Å². The van der Waals surface area contributed by atoms with Gasteiger partial charge in [0.05, 0.1) is 17.2 Å². The molecule has 0 heterocycles. The number of carbonyl (C=O) groups excluding carboxylic acids is 2. The molecular formula is C31H37Cl2N3O5S2. The molecule has 43 heavy (non-hydrogen) atoms. The average molecular weight is 667 g/mol. The van der Waals surface area contributed by atoms with Gasteiger partial charge in [0.15, 0.2) is 0 Å². The van der Waals surface area contributed by atoms with E-state index in [0.29, 0.717) is 21.4 Å². The first-order valence-electron chi connectivity index (χ1n) is 13.6. The predicted octanol–water partition coefficient (Wildman–Crippen LogP) is 6.64. The molecule has 3 aromatic carbocycles. The lowest BCUT2D eigenvalue weighted by atomic mass is 10.1. The lowest BCUT2D eigenvalue weighted by Gasteiger charge is -2.34. The zero-order chi connectivity index (χ0) is 31.9. The summed E-state index contributed by atoms with van der Waals surface area (Å²) in [5, 5.41) is 3.52. The van der Waals surface area contributed by atoms with Crippen LogP contribution in [0.5, 0.6) is 5.75 Å². The highest BCUT2D eigenvalue weighted by atomic mass is 35.5. The van der Waals surface area contributed by atoms with Gasteiger partial charge in [-0.05, 0) is 89.4 Å². The first-order chi connectivity index (χ1) is 20.2. The molecule has 0 fully saturated rings. The number of halogens is 2. The minimum Gasteiger partial charge on any atom is -0.492 e. The number of nitrogens with zero attached hydrogens (tertiary/aromatic N) is 2. The summed E-state index contributed by atoms with van der Waals surface area (Å²) in [6.45, 7) is 8.39. The van der Waals surface area contributed by atoms with Gasteiger partial charge in [-0.3, -0.25) is 13.9 Å². The Morgan fingerprint density at radius 3 is 2.14 bits per heavy atom. The van der Waals surface area contributed by atoms with Crippen LogP contribution < -0.4 is 14.4 Å². The van der Waals surface area contributed by atoms with E-state index in [0.717, 1.165) is 9.20 Å². The van der Waals surface area contributed by atoms with Crippen LogP contribution in [0.15, 0.2) is 76.5 Å². The molecule has 12 heteroatoms. The van der Waals surface area contributed by atoms with Crippen LogP contribution in [0.3, 0.4) is 0 Å². The number of thioether (sulfide) groups is 1. The van der Waals surface area contributed by atoms with Crippen molar-refractivity contribution in [1.82, 2.24) is 10.2 Å². The molecule has 0 unspecified atom stereocenters. The van der Waals surface area contributed by atoms with E-state index in [1.807, 2.05) is 27.0 Å². The fourth-order valence-electron chi connectivity index (χ4n) is 4.24. The number of hydrogen-bond acceptors (Lipinski definition) is 6. The topological polar surface area (TPSA) is 96.0 Å². The molecule has 0 bridgehead atoms. The quantitative estimate of drug-likeness (QED) is 0.218. The minimum absolute atomic E-state index is 0.00336. The van der Waals surface area contributed by atoms with E-state index in [9.17, 15) is 18.0 Å². The Morgan fingerprint density at radius 1 is 0.977 bits per heavy atom. The molecule has 0 aliphatic carbocycles. The van der Waals surface area contributed by atoms with Crippen molar-refractivity contribution in [3.05, 3.63) is 82.3 Å². The second-order valence-corrected chi connectivity index (χ2v) is 14.3. The molecule has 2 amide bonds. The smallest absolute Gasteiger partial charge is 0.264 e. The molecule has 1 atom stereocenters. The molecule has 0 saturated carbocycles. The van der Waals surface area contributed by atoms with Crippen LogP contribution in [0.1, 0.15) is 40.2 Å². The maximum absolute atomic E-state index is 14.2. The predicted molar refractivity (Wildman–Crippen MR) is 175 cm³/mol. The molecule has 3 aromatic rings. The molecule has 0 radical (unpaired) electrons. The van der Waals surface area contributed by atoms with Crippen molar-refractivity contribution in [1.29, 1.82) is 0 Å². The number of ether oxygens (including phenoxy) is 1. The van der Waals surface area contributed by atoms with E-state index in [-0.39, 0.29) is 23.7 Å². The summed E-state index contributed by atoms with van der Waals surface area (Å²) < 4.78 is 35.1. The van der Waals surface area contributed by atoms with Crippen LogP contribution in [0.4, 0.5) is 5.69 Å². The standard InChI is InChI=1S/C31H37Cl2N3O5S2/c1-7-41-28-14-9-8-13-27(28)36(43(39,40)23-17-15-22(42-6)16-18-23)20-29(37)35(21(2)30(38)34-31(3,4)5)19-24-25(32)11-10-12-26(24)33/h8-18,21H,7,19-20H2,1-6H3,(H,34,38)/t21-/m0/s1. The highest BCUT2D eigenvalue weighted by molar-refractivity contribution is 7.98. The molecule has 3 rings (SSSR count). The van der Waals surface area contributed by atoms with Crippen molar-refractivity contribution in [2.75, 3.05) is 23.7 Å². The lowest BCUT2D eigenvalue weighted by Crippen LogP contribution is -2.54. The Labute approximate surface area is 268 Å². The number of benzene rings is 3. The maximum Gasteiger partial charge on any atom is 0.264 e. The largest absolute Gasteiger partial charge is 0.492 e. The normalized spacial score (nSPS) is 12.4. The molecule has 0 spiro atoms. The van der Waals surface area contributed by atoms with Crippen molar-refractivity contribution in [3.63, 3.8) is 0 Å². The van der Waals surface area contributed by atoms with Crippen molar-refractivity contribution in [2.24, 2.45) is 0 Å². The molecular weight excluding hydrogens is 629 g/mol. The first-order valence-corrected chi connectivity index (χ1v) is 17.0. The van der Waals surface area contributed by atoms with Gasteiger partial charge in [0.1, 0.15) is 18.3 Å². The summed E-state index contributed by atoms with van der Waals surface area (Å²) in [4.78, 5) is 29.7. The number of sulfonamides is 1. The zero-order valence-corrected chi connectivity index (χ0v) is 28.2. The lowest BCUT2D eigenvalue weighted by molar-refractivity contribution is -0.140. The summed E-state index contributed by atoms with van der Waals surface area (Å²) in [5.41, 5.74) is 0.0529. The Balaban J connectivity index is 2.13. The third-order valence-electron chi connectivity index (χ3n) is 6.42. The van der Waals surface area contributed by atoms with Gasteiger partial charge in [-0.1, -0.05) is 41.4 Å². The number of anilines is 1. The highest BCUT2D eigenvalue weighted by Gasteiger charge is 2.35. The van der Waals surface area contributed by atoms with Gasteiger partial charge >= 0.3 is 0 Å². The molecule has 1 N–H and O–H groups in total. The van der Waals surface area contributed by atoms with Gasteiger partial charge < -0.3 is 15.0 Å². The van der Waals surface area contributed by atoms with Crippen LogP contribution in [0, 0.1) is 0 Å². The van der Waals surface area contributed by atoms with E-state index in [1.54, 1.807) is 68.4 Å². The van der Waals surface area contributed by atoms with Gasteiger partial charge in [-0.15, -0.1) is 11.8 Å². The third-order valence-corrected chi connectivity index (χ3v) is 9.64. The van der Waals surface area contributed by atoms with Gasteiger partial charge in [0, 0.05) is 32.6 Å². The first kappa shape index (κ1) is 34.6. The summed E-state index contributed by atoms with van der Waals surface area (Å²) in [5.74, 6) is -0.759. The van der Waals surface area contributed by atoms with E-state index >= 15 is 0 Å². The van der Waals surface area contributed by atoms with Crippen molar-refractivity contribution in [3.8, 4) is 5.75 Å². The zero-order valence-electron chi connectivity index (χ0n) is 25.1. The number of para-hydroxylation sites is 2. The molecule has 8 nitrogen and oxygen atoms in total. The van der Waals surface area contributed by atoms with Gasteiger partial charge in [-0.25, -0.2) is 8.42 Å². The van der Waals surface area contributed by atoms with Gasteiger partial charge in [-0.2, -0.15) is 0 Å². The minimum atomic E-state index is -4.27. The van der Waals surface area contributed by atoms with E-state index in [4.69, 9.17) is 27.9 Å². The van der Waals surface area contributed by atoms with Crippen LogP contribution in [0.25, 0.3) is 0 Å². The van der Waals surface area contributed by atoms with E-state index in [1.165, 1.54) is 28.8 Å². The Morgan fingerprint density at radius 2 is 1.58 bits per heavy atom. The number of hydrogen-bond donors (Lipinski definition) is 1. The second-order valence-electron chi connectivity index (χ2n) is 10.7. The monoisotopic (exact) mass is 665 g/mol. The van der Waals surface area contributed by atoms with Crippen LogP contribution in [0.2, 0.25) is 10.0 Å². The van der Waals surface area contributed by atoms with E-state index in [2.05, 4.69) is 5.32 Å². The van der Waals surface area contributed by atoms with Gasteiger partial charge in [0.25, 0.3) is 10.0 Å². The Bertz CT molecular complexity index is 1520. The number of carbonyl (C=O) groups is 2. The SMILES string of the molecule is CCOc1ccccc1N(CC(=O)N(Cc1c(Cl)cccc1Cl)[C@@H](C)C(=O)NC(C)(C)C)S(=O)(=O)c1ccc(SC)cc1. The number of nitrogens with one attached hydrogen (secondary N) is 1. The van der Waals surface area contributed by atoms with Crippen LogP contribution in [-0.2, 0) is 26.2 Å². The summed E-state index contributed by atoms with van der Waals surface area (Å²) >= 11 is 14.4. The number of rotatable bonds is 12. The van der Waals surface area contributed by atoms with Crippen molar-refractivity contribution in [2.45, 2.75) is 62.5 Å². The number of amides is 2. The summed E-state index contributed by atoms with van der Waals surface area (Å²) in [7, 11) is -4.27. The van der Waals surface area contributed by atoms with Crippen molar-refractivity contribution < 1.29 is 22.7 Å². The summed E-state index contributed by atoms with van der Waals surface area (Å²) in [6, 6.07) is 17.0. The highest BCUT2D eigenvalue weighted by Crippen LogP contribution is 2.34. The summed E-state index contributed by atoms with van der Waals surface area (Å²) in [6.07, 6.45) is 1.89. The van der Waals surface area contributed by atoms with Gasteiger partial charge in [0.2, 0.25) is 11.8 Å². The third kappa shape index (κ3) is 8.81. The van der Waals surface area contributed by atoms with Crippen molar-refractivity contribution >= 4 is 62.5 Å². The molecule has 0 aliphatic rings. The maximum atomic E-state index is 14.2. The fourth-order valence-corrected chi connectivity index (χ4v) is 6.59. The van der Waals surface area contributed by atoms with Crippen LogP contribution in [-0.4, -0.2) is 56.1 Å². The molecule has 0 aromatic heterocycles. The molecule has 0 aliphatic heterocycles. The second kappa shape index (κ2) is 14.7. The average Bonchev–Trinajstić information content (AvgIpc) is 2.95. The molecule has 0 saturated heterocycles. The fraction of sp³-hybridized carbons (Fsp3) is 0.355. The Kier molecular flexibility index (Phi) is 11.8.